The van der Waals surface area contributed by atoms with Gasteiger partial charge in [0.2, 0.25) is 0 Å². The van der Waals surface area contributed by atoms with Gasteiger partial charge in [0.05, 0.1) is 13.2 Å². The number of hydrogen-bond acceptors (Lipinski definition) is 3. The molecule has 0 radical (unpaired) electrons. The number of hydrogen-bond donors (Lipinski definition) is 1. The Bertz CT molecular complexity index is 493. The molecule has 0 atom stereocenters. The van der Waals surface area contributed by atoms with Gasteiger partial charge < -0.3 is 14.6 Å². The average molecular weight is 273 g/mol. The van der Waals surface area contributed by atoms with Gasteiger partial charge in [-0.05, 0) is 18.0 Å². The monoisotopic (exact) mass is 273 g/mol. The second kappa shape index (κ2) is 7.82. The van der Waals surface area contributed by atoms with Crippen LogP contribution in [-0.2, 0) is 24.6 Å². The first-order valence-corrected chi connectivity index (χ1v) is 7.08. The van der Waals surface area contributed by atoms with E-state index in [1.165, 1.54) is 5.56 Å². The van der Waals surface area contributed by atoms with E-state index in [1.807, 2.05) is 35.2 Å². The van der Waals surface area contributed by atoms with E-state index >= 15 is 0 Å². The Kier molecular flexibility index (Phi) is 5.77. The summed E-state index contributed by atoms with van der Waals surface area (Å²) in [5.74, 6) is 1.66. The fourth-order valence-electron chi connectivity index (χ4n) is 1.93. The third-order valence-corrected chi connectivity index (χ3v) is 2.98. The number of imidazole rings is 1. The van der Waals surface area contributed by atoms with Gasteiger partial charge in [-0.2, -0.15) is 0 Å². The van der Waals surface area contributed by atoms with Crippen molar-refractivity contribution < 1.29 is 4.74 Å². The maximum Gasteiger partial charge on any atom is 0.124 e. The molecule has 1 aromatic heterocycles. The van der Waals surface area contributed by atoms with Crippen LogP contribution in [0.15, 0.2) is 42.7 Å². The van der Waals surface area contributed by atoms with E-state index in [1.54, 1.807) is 0 Å². The predicted octanol–water partition coefficient (Wildman–Crippen LogP) is 2.80. The second-order valence-corrected chi connectivity index (χ2v) is 5.30. The highest BCUT2D eigenvalue weighted by molar-refractivity contribution is 5.13. The Balaban J connectivity index is 1.77. The van der Waals surface area contributed by atoms with Crippen molar-refractivity contribution in [2.24, 2.45) is 5.92 Å². The zero-order chi connectivity index (χ0) is 14.2. The van der Waals surface area contributed by atoms with E-state index < -0.39 is 0 Å². The summed E-state index contributed by atoms with van der Waals surface area (Å²) < 4.78 is 7.77. The molecule has 0 aliphatic carbocycles. The van der Waals surface area contributed by atoms with Crippen LogP contribution in [0.2, 0.25) is 0 Å². The molecule has 0 saturated carbocycles. The molecule has 4 heteroatoms. The molecule has 0 aliphatic heterocycles. The summed E-state index contributed by atoms with van der Waals surface area (Å²) in [6.07, 6.45) is 3.77. The average Bonchev–Trinajstić information content (AvgIpc) is 2.87. The zero-order valence-electron chi connectivity index (χ0n) is 12.2. The fourth-order valence-corrected chi connectivity index (χ4v) is 1.93. The van der Waals surface area contributed by atoms with E-state index in [4.69, 9.17) is 4.74 Å². The van der Waals surface area contributed by atoms with Gasteiger partial charge in [0, 0.05) is 12.4 Å². The lowest BCUT2D eigenvalue weighted by atomic mass is 10.2. The Hall–Kier alpha value is -1.65. The van der Waals surface area contributed by atoms with Gasteiger partial charge in [-0.15, -0.1) is 0 Å². The minimum atomic E-state index is 0.535. The number of nitrogens with one attached hydrogen (secondary N) is 1. The van der Waals surface area contributed by atoms with Crippen LogP contribution in [0.5, 0.6) is 0 Å². The predicted molar refractivity (Wildman–Crippen MR) is 80.0 cm³/mol. The standard InChI is InChI=1S/C16H23N3O/c1-14(2)10-17-11-16-18-8-9-19(16)13-20-12-15-6-4-3-5-7-15/h3-9,14,17H,10-13H2,1-2H3. The quantitative estimate of drug-likeness (QED) is 0.804. The summed E-state index contributed by atoms with van der Waals surface area (Å²) in [5.41, 5.74) is 1.19. The summed E-state index contributed by atoms with van der Waals surface area (Å²) in [7, 11) is 0. The lowest BCUT2D eigenvalue weighted by Gasteiger charge is -2.11. The van der Waals surface area contributed by atoms with E-state index in [0.717, 1.165) is 18.9 Å². The number of aromatic nitrogens is 2. The maximum atomic E-state index is 5.73. The molecule has 0 unspecified atom stereocenters. The molecule has 0 spiro atoms. The number of nitrogens with zero attached hydrogens (tertiary/aromatic N) is 2. The molecule has 0 aliphatic rings. The molecule has 1 N–H and O–H groups in total. The van der Waals surface area contributed by atoms with Crippen LogP contribution >= 0.6 is 0 Å². The first-order chi connectivity index (χ1) is 9.75. The van der Waals surface area contributed by atoms with Crippen molar-refractivity contribution in [2.45, 2.75) is 33.7 Å². The summed E-state index contributed by atoms with van der Waals surface area (Å²) in [6, 6.07) is 10.2. The third-order valence-electron chi connectivity index (χ3n) is 2.98. The van der Waals surface area contributed by atoms with Crippen LogP contribution in [0.3, 0.4) is 0 Å². The highest BCUT2D eigenvalue weighted by Crippen LogP contribution is 2.03. The van der Waals surface area contributed by atoms with Crippen molar-refractivity contribution in [2.75, 3.05) is 6.54 Å². The minimum Gasteiger partial charge on any atom is -0.356 e. The van der Waals surface area contributed by atoms with Gasteiger partial charge >= 0.3 is 0 Å². The highest BCUT2D eigenvalue weighted by Gasteiger charge is 2.03. The molecule has 1 aromatic carbocycles. The van der Waals surface area contributed by atoms with Gasteiger partial charge in [-0.1, -0.05) is 44.2 Å². The zero-order valence-corrected chi connectivity index (χ0v) is 12.2. The van der Waals surface area contributed by atoms with Crippen LogP contribution < -0.4 is 5.32 Å². The van der Waals surface area contributed by atoms with Crippen LogP contribution in [0.4, 0.5) is 0 Å². The maximum absolute atomic E-state index is 5.73. The molecular weight excluding hydrogens is 250 g/mol. The number of rotatable bonds is 8. The Morgan fingerprint density at radius 3 is 2.80 bits per heavy atom. The van der Waals surface area contributed by atoms with E-state index in [0.29, 0.717) is 19.3 Å². The first-order valence-electron chi connectivity index (χ1n) is 7.08. The van der Waals surface area contributed by atoms with Crippen molar-refractivity contribution in [3.05, 3.63) is 54.1 Å². The van der Waals surface area contributed by atoms with Crippen LogP contribution in [0, 0.1) is 5.92 Å². The minimum absolute atomic E-state index is 0.535. The van der Waals surface area contributed by atoms with Gasteiger partial charge in [0.1, 0.15) is 12.6 Å². The van der Waals surface area contributed by atoms with Crippen LogP contribution in [0.1, 0.15) is 25.2 Å². The number of benzene rings is 1. The first kappa shape index (κ1) is 14.8. The molecule has 0 fully saturated rings. The van der Waals surface area contributed by atoms with Crippen molar-refractivity contribution in [1.82, 2.24) is 14.9 Å². The molecule has 0 saturated heterocycles. The third kappa shape index (κ3) is 4.79. The SMILES string of the molecule is CC(C)CNCc1nccn1COCc1ccccc1. The molecule has 2 rings (SSSR count). The van der Waals surface area contributed by atoms with Crippen molar-refractivity contribution in [1.29, 1.82) is 0 Å². The van der Waals surface area contributed by atoms with E-state index in [9.17, 15) is 0 Å². The van der Waals surface area contributed by atoms with Crippen LogP contribution in [0.25, 0.3) is 0 Å². The number of ether oxygens (including phenoxy) is 1. The molecule has 2 aromatic rings. The van der Waals surface area contributed by atoms with Crippen molar-refractivity contribution in [3.8, 4) is 0 Å². The molecule has 108 valence electrons. The molecule has 20 heavy (non-hydrogen) atoms. The normalized spacial score (nSPS) is 11.2. The Labute approximate surface area is 120 Å². The Morgan fingerprint density at radius 2 is 2.05 bits per heavy atom. The summed E-state index contributed by atoms with van der Waals surface area (Å²) in [6.45, 7) is 7.33. The largest absolute Gasteiger partial charge is 0.356 e. The van der Waals surface area contributed by atoms with Crippen molar-refractivity contribution in [3.63, 3.8) is 0 Å². The summed E-state index contributed by atoms with van der Waals surface area (Å²) in [4.78, 5) is 4.36. The van der Waals surface area contributed by atoms with Gasteiger partial charge in [-0.25, -0.2) is 4.98 Å². The van der Waals surface area contributed by atoms with Crippen molar-refractivity contribution >= 4 is 0 Å². The lowest BCUT2D eigenvalue weighted by molar-refractivity contribution is 0.0619. The van der Waals surface area contributed by atoms with E-state index in [2.05, 4.69) is 36.3 Å². The molecule has 1 heterocycles. The second-order valence-electron chi connectivity index (χ2n) is 5.30. The smallest absolute Gasteiger partial charge is 0.124 e. The molecule has 0 amide bonds. The highest BCUT2D eigenvalue weighted by atomic mass is 16.5. The van der Waals surface area contributed by atoms with Gasteiger partial charge in [0.25, 0.3) is 0 Å². The fraction of sp³-hybridized carbons (Fsp3) is 0.438. The molecule has 0 bridgehead atoms. The van der Waals surface area contributed by atoms with E-state index in [-0.39, 0.29) is 0 Å². The molecular formula is C16H23N3O. The lowest BCUT2D eigenvalue weighted by Crippen LogP contribution is -2.21. The van der Waals surface area contributed by atoms with Gasteiger partial charge in [-0.3, -0.25) is 0 Å². The van der Waals surface area contributed by atoms with Gasteiger partial charge in [0.15, 0.2) is 0 Å². The van der Waals surface area contributed by atoms with Crippen LogP contribution in [-0.4, -0.2) is 16.1 Å². The topological polar surface area (TPSA) is 39.1 Å². The summed E-state index contributed by atoms with van der Waals surface area (Å²) >= 11 is 0. The summed E-state index contributed by atoms with van der Waals surface area (Å²) in [5, 5.41) is 3.40. The molecule has 4 nitrogen and oxygen atoms in total. The Morgan fingerprint density at radius 1 is 1.25 bits per heavy atom.